The van der Waals surface area contributed by atoms with Crippen molar-refractivity contribution < 1.29 is 9.47 Å². The second-order valence-electron chi connectivity index (χ2n) is 9.08. The van der Waals surface area contributed by atoms with E-state index in [-0.39, 0.29) is 6.10 Å². The highest BCUT2D eigenvalue weighted by Gasteiger charge is 2.18. The van der Waals surface area contributed by atoms with Crippen LogP contribution in [0.1, 0.15) is 61.7 Å². The minimum Gasteiger partial charge on any atom is -0.493 e. The SMILES string of the molecule is Cc1cccc(OC(C)c2nc3ccccc3n2CCCOc2cc(C)ccc2C(C)C)c1. The number of rotatable bonds is 9. The Morgan fingerprint density at radius 2 is 1.67 bits per heavy atom. The number of fused-ring (bicyclic) bond motifs is 1. The molecule has 0 radical (unpaired) electrons. The third-order valence-electron chi connectivity index (χ3n) is 5.92. The van der Waals surface area contributed by atoms with Gasteiger partial charge in [-0.3, -0.25) is 0 Å². The zero-order valence-electron chi connectivity index (χ0n) is 20.3. The van der Waals surface area contributed by atoms with Crippen LogP contribution in [0.15, 0.2) is 66.7 Å². The number of aryl methyl sites for hydroxylation is 3. The maximum Gasteiger partial charge on any atom is 0.153 e. The Bertz CT molecular complexity index is 1230. The standard InChI is InChI=1S/C29H34N2O2/c1-20(2)25-15-14-22(4)19-28(25)32-17-9-16-31-27-13-7-6-12-26(27)30-29(31)23(5)33-24-11-8-10-21(3)18-24/h6-8,10-15,18-20,23H,9,16-17H2,1-5H3. The van der Waals surface area contributed by atoms with Gasteiger partial charge in [0.2, 0.25) is 0 Å². The number of para-hydroxylation sites is 2. The van der Waals surface area contributed by atoms with E-state index in [9.17, 15) is 0 Å². The second kappa shape index (κ2) is 10.1. The molecule has 1 atom stereocenters. The summed E-state index contributed by atoms with van der Waals surface area (Å²) in [6.07, 6.45) is 0.722. The third kappa shape index (κ3) is 5.39. The average Bonchev–Trinajstić information content (AvgIpc) is 3.15. The molecule has 0 aliphatic rings. The molecule has 0 saturated carbocycles. The van der Waals surface area contributed by atoms with Crippen LogP contribution in [-0.2, 0) is 6.54 Å². The lowest BCUT2D eigenvalue weighted by atomic mass is 10.0. The van der Waals surface area contributed by atoms with Crippen molar-refractivity contribution in [3.8, 4) is 11.5 Å². The van der Waals surface area contributed by atoms with E-state index in [2.05, 4.69) is 87.7 Å². The molecule has 0 saturated heterocycles. The highest BCUT2D eigenvalue weighted by molar-refractivity contribution is 5.76. The van der Waals surface area contributed by atoms with E-state index in [0.29, 0.717) is 12.5 Å². The van der Waals surface area contributed by atoms with Crippen LogP contribution in [0.4, 0.5) is 0 Å². The first kappa shape index (κ1) is 22.9. The Morgan fingerprint density at radius 1 is 0.879 bits per heavy atom. The van der Waals surface area contributed by atoms with Crippen LogP contribution in [0, 0.1) is 13.8 Å². The summed E-state index contributed by atoms with van der Waals surface area (Å²) in [4.78, 5) is 4.91. The van der Waals surface area contributed by atoms with Crippen molar-refractivity contribution in [2.75, 3.05) is 6.61 Å². The van der Waals surface area contributed by atoms with Gasteiger partial charge in [0.15, 0.2) is 11.9 Å². The van der Waals surface area contributed by atoms with Crippen molar-refractivity contribution in [3.05, 3.63) is 89.2 Å². The van der Waals surface area contributed by atoms with Crippen LogP contribution in [0.5, 0.6) is 11.5 Å². The molecule has 1 unspecified atom stereocenters. The maximum absolute atomic E-state index is 6.27. The third-order valence-corrected chi connectivity index (χ3v) is 5.92. The van der Waals surface area contributed by atoms with Crippen LogP contribution >= 0.6 is 0 Å². The quantitative estimate of drug-likeness (QED) is 0.254. The molecule has 33 heavy (non-hydrogen) atoms. The summed E-state index contributed by atoms with van der Waals surface area (Å²) in [6.45, 7) is 12.1. The fourth-order valence-corrected chi connectivity index (χ4v) is 4.23. The molecule has 4 nitrogen and oxygen atoms in total. The number of benzene rings is 3. The van der Waals surface area contributed by atoms with E-state index in [4.69, 9.17) is 14.5 Å². The largest absolute Gasteiger partial charge is 0.493 e. The smallest absolute Gasteiger partial charge is 0.153 e. The lowest BCUT2D eigenvalue weighted by Gasteiger charge is -2.18. The lowest BCUT2D eigenvalue weighted by Crippen LogP contribution is -2.14. The van der Waals surface area contributed by atoms with Gasteiger partial charge < -0.3 is 14.0 Å². The molecular weight excluding hydrogens is 408 g/mol. The van der Waals surface area contributed by atoms with E-state index < -0.39 is 0 Å². The van der Waals surface area contributed by atoms with Gasteiger partial charge in [0.25, 0.3) is 0 Å². The van der Waals surface area contributed by atoms with Crippen molar-refractivity contribution in [2.45, 2.75) is 59.6 Å². The summed E-state index contributed by atoms with van der Waals surface area (Å²) in [5.74, 6) is 3.24. The average molecular weight is 443 g/mol. The Labute approximate surface area is 197 Å². The van der Waals surface area contributed by atoms with Gasteiger partial charge in [-0.1, -0.05) is 50.2 Å². The summed E-state index contributed by atoms with van der Waals surface area (Å²) in [5.41, 5.74) is 5.79. The van der Waals surface area contributed by atoms with E-state index in [1.807, 2.05) is 18.2 Å². The summed E-state index contributed by atoms with van der Waals surface area (Å²) in [6, 6.07) is 22.9. The minimum atomic E-state index is -0.163. The Morgan fingerprint density at radius 3 is 2.45 bits per heavy atom. The van der Waals surface area contributed by atoms with Gasteiger partial charge in [0.05, 0.1) is 17.6 Å². The minimum absolute atomic E-state index is 0.163. The Kier molecular flexibility index (Phi) is 7.02. The van der Waals surface area contributed by atoms with E-state index in [0.717, 1.165) is 41.3 Å². The molecule has 3 aromatic carbocycles. The molecule has 4 aromatic rings. The zero-order chi connectivity index (χ0) is 23.4. The Hall–Kier alpha value is -3.27. The van der Waals surface area contributed by atoms with Crippen molar-refractivity contribution in [1.82, 2.24) is 9.55 Å². The summed E-state index contributed by atoms with van der Waals surface area (Å²) < 4.78 is 14.8. The molecule has 0 spiro atoms. The predicted molar refractivity (Wildman–Crippen MR) is 135 cm³/mol. The van der Waals surface area contributed by atoms with Crippen molar-refractivity contribution in [2.24, 2.45) is 0 Å². The van der Waals surface area contributed by atoms with Crippen molar-refractivity contribution in [3.63, 3.8) is 0 Å². The molecule has 0 bridgehead atoms. The van der Waals surface area contributed by atoms with Crippen LogP contribution in [0.2, 0.25) is 0 Å². The molecule has 4 heteroatoms. The monoisotopic (exact) mass is 442 g/mol. The van der Waals surface area contributed by atoms with Crippen LogP contribution in [-0.4, -0.2) is 16.2 Å². The molecule has 0 aliphatic heterocycles. The van der Waals surface area contributed by atoms with E-state index >= 15 is 0 Å². The molecule has 1 heterocycles. The number of nitrogens with zero attached hydrogens (tertiary/aromatic N) is 2. The number of ether oxygens (including phenoxy) is 2. The zero-order valence-corrected chi connectivity index (χ0v) is 20.3. The molecule has 172 valence electrons. The molecule has 0 fully saturated rings. The summed E-state index contributed by atoms with van der Waals surface area (Å²) >= 11 is 0. The highest BCUT2D eigenvalue weighted by atomic mass is 16.5. The summed E-state index contributed by atoms with van der Waals surface area (Å²) in [5, 5.41) is 0. The molecule has 0 amide bonds. The molecule has 4 rings (SSSR count). The van der Waals surface area contributed by atoms with Gasteiger partial charge in [-0.15, -0.1) is 0 Å². The number of imidazole rings is 1. The summed E-state index contributed by atoms with van der Waals surface area (Å²) in [7, 11) is 0. The molecule has 1 aromatic heterocycles. The van der Waals surface area contributed by atoms with E-state index in [1.54, 1.807) is 0 Å². The van der Waals surface area contributed by atoms with Crippen LogP contribution in [0.3, 0.4) is 0 Å². The molecule has 0 aliphatic carbocycles. The topological polar surface area (TPSA) is 36.3 Å². The Balaban J connectivity index is 1.50. The molecule has 0 N–H and O–H groups in total. The first-order valence-electron chi connectivity index (χ1n) is 11.8. The van der Waals surface area contributed by atoms with Gasteiger partial charge in [0.1, 0.15) is 11.5 Å². The fourth-order valence-electron chi connectivity index (χ4n) is 4.23. The van der Waals surface area contributed by atoms with Gasteiger partial charge in [-0.05, 0) is 80.1 Å². The fraction of sp³-hybridized carbons (Fsp3) is 0.345. The number of hydrogen-bond acceptors (Lipinski definition) is 3. The lowest BCUT2D eigenvalue weighted by molar-refractivity contribution is 0.209. The van der Waals surface area contributed by atoms with Gasteiger partial charge in [-0.2, -0.15) is 0 Å². The van der Waals surface area contributed by atoms with Gasteiger partial charge >= 0.3 is 0 Å². The molecular formula is C29H34N2O2. The first-order chi connectivity index (χ1) is 15.9. The second-order valence-corrected chi connectivity index (χ2v) is 9.08. The number of hydrogen-bond donors (Lipinski definition) is 0. The van der Waals surface area contributed by atoms with Gasteiger partial charge in [0, 0.05) is 6.54 Å². The maximum atomic E-state index is 6.27. The van der Waals surface area contributed by atoms with Gasteiger partial charge in [-0.25, -0.2) is 4.98 Å². The van der Waals surface area contributed by atoms with Crippen molar-refractivity contribution >= 4 is 11.0 Å². The first-order valence-corrected chi connectivity index (χ1v) is 11.8. The number of aromatic nitrogens is 2. The predicted octanol–water partition coefficient (Wildman–Crippen LogP) is 7.39. The van der Waals surface area contributed by atoms with Crippen LogP contribution < -0.4 is 9.47 Å². The van der Waals surface area contributed by atoms with E-state index in [1.165, 1.54) is 16.7 Å². The highest BCUT2D eigenvalue weighted by Crippen LogP contribution is 2.28. The van der Waals surface area contributed by atoms with Crippen molar-refractivity contribution in [1.29, 1.82) is 0 Å². The normalized spacial score (nSPS) is 12.3. The van der Waals surface area contributed by atoms with Crippen LogP contribution in [0.25, 0.3) is 11.0 Å².